The quantitative estimate of drug-likeness (QED) is 0.740. The van der Waals surface area contributed by atoms with Crippen molar-refractivity contribution in [3.8, 4) is 0 Å². The van der Waals surface area contributed by atoms with Gasteiger partial charge in [-0.2, -0.15) is 0 Å². The average molecular weight is 379 g/mol. The van der Waals surface area contributed by atoms with E-state index in [0.29, 0.717) is 17.0 Å². The summed E-state index contributed by atoms with van der Waals surface area (Å²) in [5.41, 5.74) is 0.807. The van der Waals surface area contributed by atoms with Crippen LogP contribution in [0.5, 0.6) is 0 Å². The number of halogens is 1. The SMILES string of the molecule is CC(C1CC1)N(C)C(=O)CCN1C(=O)c2ccc(Br)cc2C1=O. The first-order valence-electron chi connectivity index (χ1n) is 7.81. The summed E-state index contributed by atoms with van der Waals surface area (Å²) in [5, 5.41) is 0. The molecule has 0 saturated heterocycles. The van der Waals surface area contributed by atoms with E-state index in [1.165, 1.54) is 17.7 Å². The van der Waals surface area contributed by atoms with Crippen molar-refractivity contribution >= 4 is 33.7 Å². The molecule has 0 spiro atoms. The van der Waals surface area contributed by atoms with E-state index in [-0.39, 0.29) is 36.7 Å². The van der Waals surface area contributed by atoms with Crippen LogP contribution in [0.4, 0.5) is 0 Å². The summed E-state index contributed by atoms with van der Waals surface area (Å²) in [6.45, 7) is 2.18. The van der Waals surface area contributed by atoms with Gasteiger partial charge in [-0.05, 0) is 43.9 Å². The smallest absolute Gasteiger partial charge is 0.261 e. The summed E-state index contributed by atoms with van der Waals surface area (Å²) in [7, 11) is 1.80. The lowest BCUT2D eigenvalue weighted by molar-refractivity contribution is -0.132. The van der Waals surface area contributed by atoms with Crippen molar-refractivity contribution in [2.45, 2.75) is 32.2 Å². The zero-order valence-corrected chi connectivity index (χ0v) is 14.8. The lowest BCUT2D eigenvalue weighted by atomic mass is 10.1. The molecule has 1 aliphatic carbocycles. The van der Waals surface area contributed by atoms with Crippen molar-refractivity contribution in [1.82, 2.24) is 9.80 Å². The Bertz CT molecular complexity index is 684. The van der Waals surface area contributed by atoms with Gasteiger partial charge in [0.05, 0.1) is 11.1 Å². The fourth-order valence-corrected chi connectivity index (χ4v) is 3.33. The first-order valence-corrected chi connectivity index (χ1v) is 8.61. The molecule has 3 rings (SSSR count). The maximum Gasteiger partial charge on any atom is 0.261 e. The molecule has 1 fully saturated rings. The number of fused-ring (bicyclic) bond motifs is 1. The Morgan fingerprint density at radius 3 is 2.61 bits per heavy atom. The van der Waals surface area contributed by atoms with Crippen molar-refractivity contribution in [2.24, 2.45) is 5.92 Å². The first kappa shape index (κ1) is 16.2. The van der Waals surface area contributed by atoms with Crippen LogP contribution in [0.25, 0.3) is 0 Å². The molecule has 2 aliphatic rings. The molecule has 1 aromatic rings. The molecule has 23 heavy (non-hydrogen) atoms. The van der Waals surface area contributed by atoms with Crippen LogP contribution in [0.3, 0.4) is 0 Å². The molecular formula is C17H19BrN2O3. The second-order valence-electron chi connectivity index (χ2n) is 6.28. The number of rotatable bonds is 5. The van der Waals surface area contributed by atoms with Gasteiger partial charge >= 0.3 is 0 Å². The monoisotopic (exact) mass is 378 g/mol. The van der Waals surface area contributed by atoms with Crippen molar-refractivity contribution in [3.63, 3.8) is 0 Å². The normalized spacial score (nSPS) is 18.1. The molecule has 5 nitrogen and oxygen atoms in total. The van der Waals surface area contributed by atoms with Gasteiger partial charge in [-0.15, -0.1) is 0 Å². The van der Waals surface area contributed by atoms with Crippen LogP contribution >= 0.6 is 15.9 Å². The van der Waals surface area contributed by atoms with E-state index < -0.39 is 0 Å². The highest BCUT2D eigenvalue weighted by atomic mass is 79.9. The summed E-state index contributed by atoms with van der Waals surface area (Å²) in [5.74, 6) is -0.0667. The summed E-state index contributed by atoms with van der Waals surface area (Å²) < 4.78 is 0.758. The highest BCUT2D eigenvalue weighted by molar-refractivity contribution is 9.10. The lowest BCUT2D eigenvalue weighted by Crippen LogP contribution is -2.39. The van der Waals surface area contributed by atoms with Crippen LogP contribution in [-0.2, 0) is 4.79 Å². The Kier molecular flexibility index (Phi) is 4.27. The van der Waals surface area contributed by atoms with E-state index >= 15 is 0 Å². The molecule has 1 aromatic carbocycles. The van der Waals surface area contributed by atoms with Gasteiger partial charge in [-0.25, -0.2) is 0 Å². The van der Waals surface area contributed by atoms with E-state index in [1.54, 1.807) is 30.1 Å². The zero-order valence-electron chi connectivity index (χ0n) is 13.2. The molecular weight excluding hydrogens is 360 g/mol. The Hall–Kier alpha value is -1.69. The van der Waals surface area contributed by atoms with Gasteiger partial charge in [0.2, 0.25) is 5.91 Å². The van der Waals surface area contributed by atoms with E-state index in [1.807, 2.05) is 0 Å². The Balaban J connectivity index is 1.64. The topological polar surface area (TPSA) is 57.7 Å². The molecule has 1 atom stereocenters. The maximum absolute atomic E-state index is 12.4. The number of carbonyl (C=O) groups is 3. The zero-order chi connectivity index (χ0) is 16.7. The second-order valence-corrected chi connectivity index (χ2v) is 7.20. The van der Waals surface area contributed by atoms with E-state index in [9.17, 15) is 14.4 Å². The highest BCUT2D eigenvalue weighted by Crippen LogP contribution is 2.35. The predicted octanol–water partition coefficient (Wildman–Crippen LogP) is 2.69. The van der Waals surface area contributed by atoms with Gasteiger partial charge in [0, 0.05) is 30.5 Å². The van der Waals surface area contributed by atoms with Crippen LogP contribution in [0, 0.1) is 5.92 Å². The summed E-state index contributed by atoms with van der Waals surface area (Å²) >= 11 is 3.31. The van der Waals surface area contributed by atoms with Crippen molar-refractivity contribution in [1.29, 1.82) is 0 Å². The van der Waals surface area contributed by atoms with Crippen molar-refractivity contribution in [2.75, 3.05) is 13.6 Å². The third-order valence-electron chi connectivity index (χ3n) is 4.79. The van der Waals surface area contributed by atoms with Gasteiger partial charge < -0.3 is 4.90 Å². The Labute approximate surface area is 143 Å². The highest BCUT2D eigenvalue weighted by Gasteiger charge is 2.36. The van der Waals surface area contributed by atoms with Crippen LogP contribution in [0.1, 0.15) is 46.9 Å². The molecule has 0 radical (unpaired) electrons. The third kappa shape index (κ3) is 3.04. The van der Waals surface area contributed by atoms with Crippen LogP contribution in [0.15, 0.2) is 22.7 Å². The van der Waals surface area contributed by atoms with Gasteiger partial charge in [0.15, 0.2) is 0 Å². The molecule has 1 heterocycles. The molecule has 122 valence electrons. The van der Waals surface area contributed by atoms with E-state index in [4.69, 9.17) is 0 Å². The molecule has 0 bridgehead atoms. The molecule has 0 N–H and O–H groups in total. The fraction of sp³-hybridized carbons (Fsp3) is 0.471. The van der Waals surface area contributed by atoms with Crippen LogP contribution in [0.2, 0.25) is 0 Å². The van der Waals surface area contributed by atoms with Gasteiger partial charge in [0.25, 0.3) is 11.8 Å². The van der Waals surface area contributed by atoms with Gasteiger partial charge in [-0.1, -0.05) is 15.9 Å². The maximum atomic E-state index is 12.4. The minimum Gasteiger partial charge on any atom is -0.343 e. The molecule has 1 unspecified atom stereocenters. The lowest BCUT2D eigenvalue weighted by Gasteiger charge is -2.25. The standard InChI is InChI=1S/C17H19BrN2O3/c1-10(11-3-4-11)19(2)15(21)7-8-20-16(22)13-6-5-12(18)9-14(13)17(20)23/h5-6,9-11H,3-4,7-8H2,1-2H3. The molecule has 1 saturated carbocycles. The second kappa shape index (κ2) is 6.07. The Morgan fingerprint density at radius 2 is 1.96 bits per heavy atom. The summed E-state index contributed by atoms with van der Waals surface area (Å²) in [6, 6.07) is 5.26. The van der Waals surface area contributed by atoms with Gasteiger partial charge in [0.1, 0.15) is 0 Å². The minimum absolute atomic E-state index is 0.0258. The van der Waals surface area contributed by atoms with Crippen LogP contribution in [-0.4, -0.2) is 47.2 Å². The number of carbonyl (C=O) groups excluding carboxylic acids is 3. The fourth-order valence-electron chi connectivity index (χ4n) is 2.97. The van der Waals surface area contributed by atoms with Gasteiger partial charge in [-0.3, -0.25) is 19.3 Å². The molecule has 1 aliphatic heterocycles. The Morgan fingerprint density at radius 1 is 1.30 bits per heavy atom. The van der Waals surface area contributed by atoms with E-state index in [0.717, 1.165) is 4.47 Å². The minimum atomic E-state index is -0.322. The average Bonchev–Trinajstić information content (AvgIpc) is 3.34. The number of hydrogen-bond acceptors (Lipinski definition) is 3. The number of hydrogen-bond donors (Lipinski definition) is 0. The van der Waals surface area contributed by atoms with Crippen molar-refractivity contribution in [3.05, 3.63) is 33.8 Å². The number of nitrogens with zero attached hydrogens (tertiary/aromatic N) is 2. The molecule has 3 amide bonds. The number of amides is 3. The largest absolute Gasteiger partial charge is 0.343 e. The molecule has 0 aromatic heterocycles. The molecule has 6 heteroatoms. The first-order chi connectivity index (χ1) is 10.9. The predicted molar refractivity (Wildman–Crippen MR) is 89.1 cm³/mol. The summed E-state index contributed by atoms with van der Waals surface area (Å²) in [4.78, 5) is 39.9. The number of benzene rings is 1. The summed E-state index contributed by atoms with van der Waals surface area (Å²) in [6.07, 6.45) is 2.51. The van der Waals surface area contributed by atoms with Crippen LogP contribution < -0.4 is 0 Å². The van der Waals surface area contributed by atoms with Crippen molar-refractivity contribution < 1.29 is 14.4 Å². The third-order valence-corrected chi connectivity index (χ3v) is 5.28. The van der Waals surface area contributed by atoms with E-state index in [2.05, 4.69) is 22.9 Å². The number of imide groups is 1.